The molecule has 0 aliphatic rings. The van der Waals surface area contributed by atoms with E-state index in [1.165, 1.54) is 4.90 Å². The number of aliphatic hydroxyl groups excluding tert-OH is 1. The average Bonchev–Trinajstić information content (AvgIpc) is 2.67. The fourth-order valence-electron chi connectivity index (χ4n) is 1.32. The van der Waals surface area contributed by atoms with E-state index in [1.54, 1.807) is 46.3 Å². The van der Waals surface area contributed by atoms with Crippen molar-refractivity contribution >= 4 is 6.09 Å². The van der Waals surface area contributed by atoms with Crippen LogP contribution in [0.4, 0.5) is 4.79 Å². The van der Waals surface area contributed by atoms with Crippen molar-refractivity contribution in [1.29, 1.82) is 0 Å². The Morgan fingerprint density at radius 1 is 1.59 bits per heavy atom. The van der Waals surface area contributed by atoms with Gasteiger partial charge in [0.15, 0.2) is 0 Å². The Kier molecular flexibility index (Phi) is 4.17. The molecule has 1 aromatic heterocycles. The minimum atomic E-state index is -0.709. The number of rotatable bonds is 3. The molecule has 1 aromatic rings. The molecule has 5 heteroatoms. The summed E-state index contributed by atoms with van der Waals surface area (Å²) < 4.78 is 5.19. The molecular formula is C12H20N2O3. The highest BCUT2D eigenvalue weighted by atomic mass is 16.6. The zero-order valence-electron chi connectivity index (χ0n) is 10.7. The fourth-order valence-corrected chi connectivity index (χ4v) is 1.32. The maximum atomic E-state index is 11.6. The SMILES string of the molecule is CN(CC(O)c1cc[nH]c1)C(=O)OC(C)(C)C. The predicted octanol–water partition coefficient (Wildman–Crippen LogP) is 1.91. The van der Waals surface area contributed by atoms with Gasteiger partial charge in [-0.05, 0) is 32.4 Å². The van der Waals surface area contributed by atoms with Crippen LogP contribution in [0.5, 0.6) is 0 Å². The Hall–Kier alpha value is -1.49. The van der Waals surface area contributed by atoms with Gasteiger partial charge in [0.05, 0.1) is 12.6 Å². The van der Waals surface area contributed by atoms with E-state index in [2.05, 4.69) is 4.98 Å². The van der Waals surface area contributed by atoms with Gasteiger partial charge in [-0.3, -0.25) is 0 Å². The first kappa shape index (κ1) is 13.6. The lowest BCUT2D eigenvalue weighted by atomic mass is 10.2. The van der Waals surface area contributed by atoms with Crippen molar-refractivity contribution in [1.82, 2.24) is 9.88 Å². The predicted molar refractivity (Wildman–Crippen MR) is 64.6 cm³/mol. The van der Waals surface area contributed by atoms with Crippen molar-refractivity contribution < 1.29 is 14.6 Å². The van der Waals surface area contributed by atoms with Crippen LogP contribution >= 0.6 is 0 Å². The van der Waals surface area contributed by atoms with E-state index in [0.717, 1.165) is 5.56 Å². The van der Waals surface area contributed by atoms with Crippen LogP contribution in [0.25, 0.3) is 0 Å². The maximum absolute atomic E-state index is 11.6. The summed E-state index contributed by atoms with van der Waals surface area (Å²) in [4.78, 5) is 15.9. The highest BCUT2D eigenvalue weighted by Crippen LogP contribution is 2.14. The lowest BCUT2D eigenvalue weighted by Crippen LogP contribution is -2.36. The average molecular weight is 240 g/mol. The molecule has 0 aliphatic heterocycles. The summed E-state index contributed by atoms with van der Waals surface area (Å²) in [6.45, 7) is 5.62. The van der Waals surface area contributed by atoms with Crippen molar-refractivity contribution in [3.63, 3.8) is 0 Å². The number of carbonyl (C=O) groups excluding carboxylic acids is 1. The number of aromatic nitrogens is 1. The summed E-state index contributed by atoms with van der Waals surface area (Å²) in [5.74, 6) is 0. The van der Waals surface area contributed by atoms with E-state index in [0.29, 0.717) is 0 Å². The van der Waals surface area contributed by atoms with Crippen LogP contribution in [0, 0.1) is 0 Å². The first-order valence-corrected chi connectivity index (χ1v) is 5.54. The zero-order chi connectivity index (χ0) is 13.1. The second-order valence-corrected chi connectivity index (χ2v) is 5.02. The molecule has 96 valence electrons. The minimum Gasteiger partial charge on any atom is -0.444 e. The van der Waals surface area contributed by atoms with Crippen LogP contribution in [0.3, 0.4) is 0 Å². The van der Waals surface area contributed by atoms with Crippen molar-refractivity contribution in [3.8, 4) is 0 Å². The number of ether oxygens (including phenoxy) is 1. The van der Waals surface area contributed by atoms with Crippen molar-refractivity contribution in [2.75, 3.05) is 13.6 Å². The normalized spacial score (nSPS) is 13.2. The van der Waals surface area contributed by atoms with Crippen LogP contribution in [-0.2, 0) is 4.74 Å². The molecule has 1 unspecified atom stereocenters. The van der Waals surface area contributed by atoms with Gasteiger partial charge >= 0.3 is 6.09 Å². The summed E-state index contributed by atoms with van der Waals surface area (Å²) in [6, 6.07) is 1.77. The van der Waals surface area contributed by atoms with Gasteiger partial charge in [0.25, 0.3) is 0 Å². The quantitative estimate of drug-likeness (QED) is 0.848. The first-order valence-electron chi connectivity index (χ1n) is 5.54. The number of carbonyl (C=O) groups is 1. The van der Waals surface area contributed by atoms with Crippen LogP contribution in [0.2, 0.25) is 0 Å². The third-order valence-corrected chi connectivity index (χ3v) is 2.16. The molecule has 0 saturated carbocycles. The molecule has 1 rings (SSSR count). The highest BCUT2D eigenvalue weighted by molar-refractivity contribution is 5.67. The fraction of sp³-hybridized carbons (Fsp3) is 0.583. The van der Waals surface area contributed by atoms with Gasteiger partial charge in [-0.1, -0.05) is 0 Å². The van der Waals surface area contributed by atoms with Gasteiger partial charge in [-0.15, -0.1) is 0 Å². The monoisotopic (exact) mass is 240 g/mol. The third-order valence-electron chi connectivity index (χ3n) is 2.16. The molecule has 0 spiro atoms. The lowest BCUT2D eigenvalue weighted by molar-refractivity contribution is 0.0205. The van der Waals surface area contributed by atoms with Gasteiger partial charge in [0, 0.05) is 19.4 Å². The molecule has 5 nitrogen and oxygen atoms in total. The summed E-state index contributed by atoms with van der Waals surface area (Å²) in [7, 11) is 1.60. The molecular weight excluding hydrogens is 220 g/mol. The molecule has 0 fully saturated rings. The summed E-state index contributed by atoms with van der Waals surface area (Å²) >= 11 is 0. The van der Waals surface area contributed by atoms with Crippen molar-refractivity contribution in [2.45, 2.75) is 32.5 Å². The van der Waals surface area contributed by atoms with Crippen LogP contribution < -0.4 is 0 Å². The summed E-state index contributed by atoms with van der Waals surface area (Å²) in [5.41, 5.74) is 0.227. The van der Waals surface area contributed by atoms with Crippen LogP contribution in [0.1, 0.15) is 32.4 Å². The molecule has 1 atom stereocenters. The number of hydrogen-bond acceptors (Lipinski definition) is 3. The number of aliphatic hydroxyl groups is 1. The first-order chi connectivity index (χ1) is 7.79. The highest BCUT2D eigenvalue weighted by Gasteiger charge is 2.21. The number of nitrogens with zero attached hydrogens (tertiary/aromatic N) is 1. The minimum absolute atomic E-state index is 0.201. The van der Waals surface area contributed by atoms with E-state index in [4.69, 9.17) is 4.74 Å². The van der Waals surface area contributed by atoms with Crippen molar-refractivity contribution in [3.05, 3.63) is 24.0 Å². The Bertz CT molecular complexity index is 354. The van der Waals surface area contributed by atoms with Crippen LogP contribution in [-0.4, -0.2) is 40.3 Å². The zero-order valence-corrected chi connectivity index (χ0v) is 10.7. The number of aromatic amines is 1. The Balaban J connectivity index is 2.49. The lowest BCUT2D eigenvalue weighted by Gasteiger charge is -2.25. The van der Waals surface area contributed by atoms with Gasteiger partial charge < -0.3 is 19.7 Å². The van der Waals surface area contributed by atoms with E-state index in [-0.39, 0.29) is 6.54 Å². The van der Waals surface area contributed by atoms with Gasteiger partial charge in [0.2, 0.25) is 0 Å². The topological polar surface area (TPSA) is 65.6 Å². The number of amides is 1. The van der Waals surface area contributed by atoms with E-state index < -0.39 is 17.8 Å². The smallest absolute Gasteiger partial charge is 0.410 e. The second-order valence-electron chi connectivity index (χ2n) is 5.02. The number of nitrogens with one attached hydrogen (secondary N) is 1. The summed E-state index contributed by atoms with van der Waals surface area (Å²) in [5, 5.41) is 9.86. The van der Waals surface area contributed by atoms with Crippen molar-refractivity contribution in [2.24, 2.45) is 0 Å². The van der Waals surface area contributed by atoms with Gasteiger partial charge in [0.1, 0.15) is 5.60 Å². The largest absolute Gasteiger partial charge is 0.444 e. The Morgan fingerprint density at radius 3 is 2.71 bits per heavy atom. The number of hydrogen-bond donors (Lipinski definition) is 2. The molecule has 0 radical (unpaired) electrons. The Labute approximate surface area is 101 Å². The van der Waals surface area contributed by atoms with Crippen LogP contribution in [0.15, 0.2) is 18.5 Å². The summed E-state index contributed by atoms with van der Waals surface area (Å²) in [6.07, 6.45) is 2.28. The van der Waals surface area contributed by atoms with E-state index in [9.17, 15) is 9.90 Å². The number of H-pyrrole nitrogens is 1. The standard InChI is InChI=1S/C12H20N2O3/c1-12(2,3)17-11(16)14(4)8-10(15)9-5-6-13-7-9/h5-7,10,13,15H,8H2,1-4H3. The van der Waals surface area contributed by atoms with Gasteiger partial charge in [-0.25, -0.2) is 4.79 Å². The molecule has 17 heavy (non-hydrogen) atoms. The molecule has 0 bridgehead atoms. The maximum Gasteiger partial charge on any atom is 0.410 e. The molecule has 1 amide bonds. The molecule has 0 aliphatic carbocycles. The Morgan fingerprint density at radius 2 is 2.24 bits per heavy atom. The van der Waals surface area contributed by atoms with E-state index >= 15 is 0 Å². The van der Waals surface area contributed by atoms with Gasteiger partial charge in [-0.2, -0.15) is 0 Å². The third kappa shape index (κ3) is 4.48. The molecule has 2 N–H and O–H groups in total. The number of likely N-dealkylation sites (N-methyl/N-ethyl adjacent to an activating group) is 1. The molecule has 0 saturated heterocycles. The van der Waals surface area contributed by atoms with E-state index in [1.807, 2.05) is 0 Å². The second kappa shape index (κ2) is 5.23. The molecule has 0 aromatic carbocycles. The molecule has 1 heterocycles.